The summed E-state index contributed by atoms with van der Waals surface area (Å²) in [6.45, 7) is 3.84. The summed E-state index contributed by atoms with van der Waals surface area (Å²) in [6, 6.07) is 9.13. The van der Waals surface area contributed by atoms with E-state index in [1.165, 1.54) is 16.4 Å². The summed E-state index contributed by atoms with van der Waals surface area (Å²) in [5, 5.41) is 3.11. The second kappa shape index (κ2) is 8.08. The fraction of sp³-hybridized carbons (Fsp3) is 0.286. The molecule has 4 rings (SSSR count). The third kappa shape index (κ3) is 4.03. The Kier molecular flexibility index (Phi) is 5.48. The van der Waals surface area contributed by atoms with Gasteiger partial charge in [0.05, 0.1) is 29.0 Å². The number of aromatic nitrogens is 3. The molecule has 0 radical (unpaired) electrons. The average molecular weight is 428 g/mol. The average Bonchev–Trinajstić information content (AvgIpc) is 3.21. The largest absolute Gasteiger partial charge is 0.324 e. The summed E-state index contributed by atoms with van der Waals surface area (Å²) in [4.78, 5) is 13.1. The molecule has 1 atom stereocenters. The molecule has 1 unspecified atom stereocenters. The van der Waals surface area contributed by atoms with E-state index >= 15 is 0 Å². The van der Waals surface area contributed by atoms with E-state index in [2.05, 4.69) is 20.3 Å². The Morgan fingerprint density at radius 3 is 2.70 bits per heavy atom. The fourth-order valence-electron chi connectivity index (χ4n) is 3.54. The number of nitrogens with zero attached hydrogens (tertiary/aromatic N) is 4. The molecule has 1 aliphatic rings. The molecule has 30 heavy (non-hydrogen) atoms. The van der Waals surface area contributed by atoms with Gasteiger partial charge in [-0.15, -0.1) is 0 Å². The van der Waals surface area contributed by atoms with Crippen molar-refractivity contribution >= 4 is 21.7 Å². The standard InChI is InChI=1S/C21H22FN5O2S/c1-14-8-9-16(11-17(14)22)30(28,29)27-10-4-6-19(27)18-12-23-13-21(25-18)26-20-7-3-5-15(2)24-20/h3,5,7-9,11-13,19H,4,6,10H2,1-2H3,(H,24,25,26). The van der Waals surface area contributed by atoms with E-state index in [1.54, 1.807) is 19.3 Å². The molecule has 156 valence electrons. The van der Waals surface area contributed by atoms with Crippen LogP contribution in [-0.2, 0) is 10.0 Å². The van der Waals surface area contributed by atoms with E-state index in [0.717, 1.165) is 11.8 Å². The molecule has 1 saturated heterocycles. The van der Waals surface area contributed by atoms with Gasteiger partial charge in [-0.1, -0.05) is 12.1 Å². The first-order valence-electron chi connectivity index (χ1n) is 9.65. The summed E-state index contributed by atoms with van der Waals surface area (Å²) in [6.07, 6.45) is 4.45. The first-order valence-corrected chi connectivity index (χ1v) is 11.1. The number of nitrogens with one attached hydrogen (secondary N) is 1. The van der Waals surface area contributed by atoms with Gasteiger partial charge in [-0.2, -0.15) is 4.31 Å². The molecule has 0 saturated carbocycles. The minimum absolute atomic E-state index is 0.0521. The van der Waals surface area contributed by atoms with E-state index < -0.39 is 21.9 Å². The van der Waals surface area contributed by atoms with Gasteiger partial charge in [0.1, 0.15) is 17.5 Å². The van der Waals surface area contributed by atoms with Crippen molar-refractivity contribution in [1.29, 1.82) is 0 Å². The van der Waals surface area contributed by atoms with Crippen LogP contribution in [0.3, 0.4) is 0 Å². The van der Waals surface area contributed by atoms with Crippen molar-refractivity contribution < 1.29 is 12.8 Å². The molecule has 1 aliphatic heterocycles. The number of aryl methyl sites for hydroxylation is 2. The molecule has 2 aromatic heterocycles. The van der Waals surface area contributed by atoms with E-state index in [9.17, 15) is 12.8 Å². The van der Waals surface area contributed by atoms with Gasteiger partial charge in [0, 0.05) is 12.2 Å². The maximum atomic E-state index is 14.0. The van der Waals surface area contributed by atoms with Crippen LogP contribution in [0.15, 0.2) is 53.7 Å². The Bertz CT molecular complexity index is 1190. The number of halogens is 1. The molecule has 1 fully saturated rings. The molecule has 0 amide bonds. The summed E-state index contributed by atoms with van der Waals surface area (Å²) >= 11 is 0. The third-order valence-corrected chi connectivity index (χ3v) is 7.00. The highest BCUT2D eigenvalue weighted by Gasteiger charge is 2.37. The van der Waals surface area contributed by atoms with Crippen LogP contribution in [0.25, 0.3) is 0 Å². The highest BCUT2D eigenvalue weighted by molar-refractivity contribution is 7.89. The lowest BCUT2D eigenvalue weighted by atomic mass is 10.2. The van der Waals surface area contributed by atoms with Gasteiger partial charge in [-0.05, 0) is 56.5 Å². The van der Waals surface area contributed by atoms with Crippen LogP contribution in [0.2, 0.25) is 0 Å². The van der Waals surface area contributed by atoms with E-state index in [0.29, 0.717) is 42.3 Å². The van der Waals surface area contributed by atoms with E-state index in [1.807, 2.05) is 25.1 Å². The zero-order chi connectivity index (χ0) is 21.3. The van der Waals surface area contributed by atoms with Crippen molar-refractivity contribution in [3.05, 3.63) is 71.6 Å². The van der Waals surface area contributed by atoms with Crippen LogP contribution in [-0.4, -0.2) is 34.2 Å². The minimum Gasteiger partial charge on any atom is -0.324 e. The number of sulfonamides is 1. The van der Waals surface area contributed by atoms with Crippen LogP contribution < -0.4 is 5.32 Å². The first kappa shape index (κ1) is 20.4. The molecular weight excluding hydrogens is 405 g/mol. The maximum absolute atomic E-state index is 14.0. The van der Waals surface area contributed by atoms with Crippen molar-refractivity contribution in [3.8, 4) is 0 Å². The Morgan fingerprint density at radius 1 is 1.10 bits per heavy atom. The number of benzene rings is 1. The Balaban J connectivity index is 1.62. The molecule has 0 spiro atoms. The highest BCUT2D eigenvalue weighted by atomic mass is 32.2. The quantitative estimate of drug-likeness (QED) is 0.665. The Labute approximate surface area is 175 Å². The lowest BCUT2D eigenvalue weighted by Gasteiger charge is -2.24. The lowest BCUT2D eigenvalue weighted by molar-refractivity contribution is 0.389. The predicted molar refractivity (Wildman–Crippen MR) is 111 cm³/mol. The number of pyridine rings is 1. The van der Waals surface area contributed by atoms with Gasteiger partial charge >= 0.3 is 0 Å². The lowest BCUT2D eigenvalue weighted by Crippen LogP contribution is -2.31. The van der Waals surface area contributed by atoms with Crippen LogP contribution in [0.1, 0.15) is 35.8 Å². The monoisotopic (exact) mass is 427 g/mol. The molecule has 3 aromatic rings. The summed E-state index contributed by atoms with van der Waals surface area (Å²) < 4.78 is 41.7. The van der Waals surface area contributed by atoms with Crippen LogP contribution >= 0.6 is 0 Å². The summed E-state index contributed by atoms with van der Waals surface area (Å²) in [5.74, 6) is 0.576. The van der Waals surface area contributed by atoms with E-state index in [4.69, 9.17) is 0 Å². The third-order valence-electron chi connectivity index (χ3n) is 5.09. The topological polar surface area (TPSA) is 88.1 Å². The van der Waals surface area contributed by atoms with Gasteiger partial charge in [0.15, 0.2) is 0 Å². The highest BCUT2D eigenvalue weighted by Crippen LogP contribution is 2.36. The molecule has 0 aliphatic carbocycles. The first-order chi connectivity index (χ1) is 14.3. The second-order valence-corrected chi connectivity index (χ2v) is 9.19. The molecule has 3 heterocycles. The Morgan fingerprint density at radius 2 is 1.93 bits per heavy atom. The minimum atomic E-state index is -3.86. The van der Waals surface area contributed by atoms with Gasteiger partial charge in [0.25, 0.3) is 0 Å². The number of anilines is 2. The smallest absolute Gasteiger partial charge is 0.243 e. The van der Waals surface area contributed by atoms with Crippen LogP contribution in [0.5, 0.6) is 0 Å². The number of hydrogen-bond acceptors (Lipinski definition) is 6. The molecule has 7 nitrogen and oxygen atoms in total. The number of rotatable bonds is 5. The fourth-order valence-corrected chi connectivity index (χ4v) is 5.22. The molecule has 9 heteroatoms. The zero-order valence-corrected chi connectivity index (χ0v) is 17.5. The number of hydrogen-bond donors (Lipinski definition) is 1. The molecular formula is C21H22FN5O2S. The van der Waals surface area contributed by atoms with Crippen molar-refractivity contribution in [2.75, 3.05) is 11.9 Å². The van der Waals surface area contributed by atoms with Crippen molar-refractivity contribution in [2.45, 2.75) is 37.6 Å². The zero-order valence-electron chi connectivity index (χ0n) is 16.7. The van der Waals surface area contributed by atoms with Crippen LogP contribution in [0, 0.1) is 19.7 Å². The summed E-state index contributed by atoms with van der Waals surface area (Å²) in [7, 11) is -3.86. The maximum Gasteiger partial charge on any atom is 0.243 e. The second-order valence-electron chi connectivity index (χ2n) is 7.30. The molecule has 0 bridgehead atoms. The Hall–Kier alpha value is -2.91. The van der Waals surface area contributed by atoms with E-state index in [-0.39, 0.29) is 4.90 Å². The molecule has 1 N–H and O–H groups in total. The normalized spacial score (nSPS) is 17.2. The van der Waals surface area contributed by atoms with Gasteiger partial charge in [0.2, 0.25) is 10.0 Å². The predicted octanol–water partition coefficient (Wildman–Crippen LogP) is 3.90. The van der Waals surface area contributed by atoms with Crippen molar-refractivity contribution in [1.82, 2.24) is 19.3 Å². The van der Waals surface area contributed by atoms with Gasteiger partial charge in [-0.25, -0.2) is 22.8 Å². The van der Waals surface area contributed by atoms with Gasteiger partial charge < -0.3 is 5.32 Å². The SMILES string of the molecule is Cc1cccc(Nc2cncc(C3CCCN3S(=O)(=O)c3ccc(C)c(F)c3)n2)n1. The van der Waals surface area contributed by atoms with Crippen LogP contribution in [0.4, 0.5) is 16.0 Å². The van der Waals surface area contributed by atoms with Crippen molar-refractivity contribution in [2.24, 2.45) is 0 Å². The van der Waals surface area contributed by atoms with Crippen molar-refractivity contribution in [3.63, 3.8) is 0 Å². The molecule has 1 aromatic carbocycles. The van der Waals surface area contributed by atoms with Gasteiger partial charge in [-0.3, -0.25) is 4.98 Å². The summed E-state index contributed by atoms with van der Waals surface area (Å²) in [5.41, 5.74) is 1.81.